The lowest BCUT2D eigenvalue weighted by atomic mass is 10.2. The lowest BCUT2D eigenvalue weighted by molar-refractivity contribution is -0.123. The van der Waals surface area contributed by atoms with E-state index in [1.54, 1.807) is 36.5 Å². The molecule has 0 fully saturated rings. The van der Waals surface area contributed by atoms with Crippen LogP contribution < -0.4 is 14.8 Å². The minimum absolute atomic E-state index is 0.274. The second-order valence-corrected chi connectivity index (χ2v) is 4.84. The van der Waals surface area contributed by atoms with Gasteiger partial charge in [0.05, 0.1) is 25.5 Å². The molecule has 0 unspecified atom stereocenters. The number of methoxy groups -OCH3 is 2. The molecule has 0 aliphatic rings. The van der Waals surface area contributed by atoms with Crippen LogP contribution in [0.3, 0.4) is 0 Å². The Labute approximate surface area is 139 Å². The molecule has 0 spiro atoms. The van der Waals surface area contributed by atoms with Crippen LogP contribution in [0.5, 0.6) is 11.5 Å². The third-order valence-electron chi connectivity index (χ3n) is 3.21. The molecule has 1 aromatic carbocycles. The largest absolute Gasteiger partial charge is 0.497 e. The third-order valence-corrected chi connectivity index (χ3v) is 3.21. The number of aromatic nitrogens is 1. The summed E-state index contributed by atoms with van der Waals surface area (Å²) in [4.78, 5) is 28.0. The predicted molar refractivity (Wildman–Crippen MR) is 87.3 cm³/mol. The summed E-state index contributed by atoms with van der Waals surface area (Å²) in [6, 6.07) is 8.17. The van der Waals surface area contributed by atoms with Gasteiger partial charge in [-0.1, -0.05) is 0 Å². The zero-order valence-electron chi connectivity index (χ0n) is 13.6. The smallest absolute Gasteiger partial charge is 0.340 e. The van der Waals surface area contributed by atoms with Gasteiger partial charge in [0, 0.05) is 18.5 Å². The number of anilines is 1. The minimum Gasteiger partial charge on any atom is -0.497 e. The molecule has 126 valence electrons. The topological polar surface area (TPSA) is 86.8 Å². The molecule has 1 amide bonds. The molecule has 2 rings (SSSR count). The molecule has 1 aromatic heterocycles. The summed E-state index contributed by atoms with van der Waals surface area (Å²) in [7, 11) is 3.01. The molecule has 0 saturated heterocycles. The van der Waals surface area contributed by atoms with Crippen LogP contribution >= 0.6 is 0 Å². The van der Waals surface area contributed by atoms with Gasteiger partial charge in [0.2, 0.25) is 0 Å². The molecule has 7 heteroatoms. The van der Waals surface area contributed by atoms with E-state index < -0.39 is 18.0 Å². The van der Waals surface area contributed by atoms with Gasteiger partial charge in [0.25, 0.3) is 5.91 Å². The van der Waals surface area contributed by atoms with Gasteiger partial charge in [0.15, 0.2) is 6.10 Å². The van der Waals surface area contributed by atoms with E-state index in [0.29, 0.717) is 17.2 Å². The number of esters is 1. The number of carbonyl (C=O) groups excluding carboxylic acids is 2. The van der Waals surface area contributed by atoms with Gasteiger partial charge in [-0.15, -0.1) is 0 Å². The lowest BCUT2D eigenvalue weighted by Crippen LogP contribution is -2.30. The maximum absolute atomic E-state index is 12.2. The number of pyridine rings is 1. The average Bonchev–Trinajstić information content (AvgIpc) is 2.62. The van der Waals surface area contributed by atoms with Crippen LogP contribution in [0, 0.1) is 0 Å². The zero-order valence-corrected chi connectivity index (χ0v) is 13.6. The molecule has 2 aromatic rings. The van der Waals surface area contributed by atoms with E-state index in [1.165, 1.54) is 27.3 Å². The van der Waals surface area contributed by atoms with Gasteiger partial charge in [-0.3, -0.25) is 9.78 Å². The summed E-state index contributed by atoms with van der Waals surface area (Å²) < 4.78 is 15.4. The summed E-state index contributed by atoms with van der Waals surface area (Å²) in [6.07, 6.45) is 1.92. The highest BCUT2D eigenvalue weighted by Crippen LogP contribution is 2.29. The van der Waals surface area contributed by atoms with E-state index in [1.807, 2.05) is 0 Å². The number of hydrogen-bond acceptors (Lipinski definition) is 6. The first-order chi connectivity index (χ1) is 11.5. The van der Waals surface area contributed by atoms with Crippen molar-refractivity contribution < 1.29 is 23.8 Å². The Kier molecular flexibility index (Phi) is 5.73. The van der Waals surface area contributed by atoms with Crippen molar-refractivity contribution in [2.24, 2.45) is 0 Å². The highest BCUT2D eigenvalue weighted by Gasteiger charge is 2.20. The number of amides is 1. The van der Waals surface area contributed by atoms with Gasteiger partial charge < -0.3 is 19.5 Å². The number of ether oxygens (including phenoxy) is 3. The molecule has 0 aliphatic carbocycles. The summed E-state index contributed by atoms with van der Waals surface area (Å²) in [5.74, 6) is -0.0804. The molecule has 0 aliphatic heterocycles. The van der Waals surface area contributed by atoms with E-state index >= 15 is 0 Å². The molecule has 0 bridgehead atoms. The number of nitrogens with zero attached hydrogens (tertiary/aromatic N) is 1. The number of carbonyl (C=O) groups is 2. The fourth-order valence-corrected chi connectivity index (χ4v) is 1.91. The SMILES string of the molecule is COc1ccc(OC)c(NC(=O)[C@@H](C)OC(=O)c2cccnc2)c1. The Morgan fingerprint density at radius 2 is 1.96 bits per heavy atom. The number of rotatable bonds is 6. The fraction of sp³-hybridized carbons (Fsp3) is 0.235. The van der Waals surface area contributed by atoms with Gasteiger partial charge in [-0.05, 0) is 31.2 Å². The third kappa shape index (κ3) is 4.22. The maximum Gasteiger partial charge on any atom is 0.340 e. The average molecular weight is 330 g/mol. The van der Waals surface area contributed by atoms with Crippen molar-refractivity contribution >= 4 is 17.6 Å². The Hall–Kier alpha value is -3.09. The van der Waals surface area contributed by atoms with E-state index in [2.05, 4.69) is 10.3 Å². The van der Waals surface area contributed by atoms with E-state index in [-0.39, 0.29) is 5.56 Å². The molecule has 1 atom stereocenters. The molecular weight excluding hydrogens is 312 g/mol. The van der Waals surface area contributed by atoms with Crippen LogP contribution in [0.1, 0.15) is 17.3 Å². The van der Waals surface area contributed by atoms with E-state index in [4.69, 9.17) is 14.2 Å². The Bertz CT molecular complexity index is 718. The van der Waals surface area contributed by atoms with Crippen LogP contribution in [-0.2, 0) is 9.53 Å². The first-order valence-electron chi connectivity index (χ1n) is 7.19. The Morgan fingerprint density at radius 3 is 2.58 bits per heavy atom. The monoisotopic (exact) mass is 330 g/mol. The summed E-state index contributed by atoms with van der Waals surface area (Å²) in [5.41, 5.74) is 0.697. The lowest BCUT2D eigenvalue weighted by Gasteiger charge is -2.15. The Balaban J connectivity index is 2.05. The normalized spacial score (nSPS) is 11.3. The molecule has 1 N–H and O–H groups in total. The fourth-order valence-electron chi connectivity index (χ4n) is 1.91. The highest BCUT2D eigenvalue weighted by molar-refractivity contribution is 5.98. The molecule has 1 heterocycles. The summed E-state index contributed by atoms with van der Waals surface area (Å²) in [5, 5.41) is 2.66. The van der Waals surface area contributed by atoms with E-state index in [9.17, 15) is 9.59 Å². The van der Waals surface area contributed by atoms with Crippen LogP contribution in [0.4, 0.5) is 5.69 Å². The quantitative estimate of drug-likeness (QED) is 0.818. The number of hydrogen-bond donors (Lipinski definition) is 1. The van der Waals surface area contributed by atoms with Crippen molar-refractivity contribution in [1.29, 1.82) is 0 Å². The van der Waals surface area contributed by atoms with Crippen molar-refractivity contribution in [2.45, 2.75) is 13.0 Å². The van der Waals surface area contributed by atoms with Gasteiger partial charge in [-0.25, -0.2) is 4.79 Å². The number of nitrogens with one attached hydrogen (secondary N) is 1. The van der Waals surface area contributed by atoms with Gasteiger partial charge in [-0.2, -0.15) is 0 Å². The van der Waals surface area contributed by atoms with E-state index in [0.717, 1.165) is 0 Å². The predicted octanol–water partition coefficient (Wildman–Crippen LogP) is 2.28. The molecule has 24 heavy (non-hydrogen) atoms. The maximum atomic E-state index is 12.2. The molecule has 0 saturated carbocycles. The molecule has 7 nitrogen and oxygen atoms in total. The summed E-state index contributed by atoms with van der Waals surface area (Å²) >= 11 is 0. The minimum atomic E-state index is -0.992. The number of benzene rings is 1. The standard InChI is InChI=1S/C17H18N2O5/c1-11(24-17(21)12-5-4-8-18-10-12)16(20)19-14-9-13(22-2)6-7-15(14)23-3/h4-11H,1-3H3,(H,19,20)/t11-/m1/s1. The van der Waals surface area contributed by atoms with Crippen LogP contribution in [0.2, 0.25) is 0 Å². The van der Waals surface area contributed by atoms with Crippen molar-refractivity contribution in [3.63, 3.8) is 0 Å². The molecule has 0 radical (unpaired) electrons. The molecular formula is C17H18N2O5. The van der Waals surface area contributed by atoms with Gasteiger partial charge in [0.1, 0.15) is 11.5 Å². The van der Waals surface area contributed by atoms with Crippen molar-refractivity contribution in [1.82, 2.24) is 4.98 Å². The van der Waals surface area contributed by atoms with Crippen LogP contribution in [0.25, 0.3) is 0 Å². The first kappa shape index (κ1) is 17.3. The van der Waals surface area contributed by atoms with Crippen molar-refractivity contribution in [3.8, 4) is 11.5 Å². The highest BCUT2D eigenvalue weighted by atomic mass is 16.5. The van der Waals surface area contributed by atoms with Crippen LogP contribution in [-0.4, -0.2) is 37.2 Å². The van der Waals surface area contributed by atoms with Crippen molar-refractivity contribution in [2.75, 3.05) is 19.5 Å². The zero-order chi connectivity index (χ0) is 17.5. The second kappa shape index (κ2) is 7.96. The van der Waals surface area contributed by atoms with Crippen molar-refractivity contribution in [3.05, 3.63) is 48.3 Å². The van der Waals surface area contributed by atoms with Crippen LogP contribution in [0.15, 0.2) is 42.7 Å². The first-order valence-corrected chi connectivity index (χ1v) is 7.19. The Morgan fingerprint density at radius 1 is 1.17 bits per heavy atom. The second-order valence-electron chi connectivity index (χ2n) is 4.84. The summed E-state index contributed by atoms with van der Waals surface area (Å²) in [6.45, 7) is 1.48. The van der Waals surface area contributed by atoms with Gasteiger partial charge >= 0.3 is 5.97 Å².